The number of anilines is 1. The second kappa shape index (κ2) is 11.7. The fraction of sp³-hybridized carbons (Fsp3) is 0.308. The largest absolute Gasteiger partial charge is 0.497 e. The van der Waals surface area contributed by atoms with E-state index in [9.17, 15) is 9.59 Å². The maximum atomic E-state index is 13.5. The Bertz CT molecular complexity index is 1370. The molecule has 0 spiro atoms. The molecule has 0 atom stereocenters. The van der Waals surface area contributed by atoms with Crippen LogP contribution in [0.4, 0.5) is 5.82 Å². The van der Waals surface area contributed by atoms with Crippen LogP contribution in [0.3, 0.4) is 0 Å². The Hall–Kier alpha value is -3.21. The molecule has 4 rings (SSSR count). The number of nitrogens with one attached hydrogen (secondary N) is 1. The predicted molar refractivity (Wildman–Crippen MR) is 148 cm³/mol. The van der Waals surface area contributed by atoms with Gasteiger partial charge < -0.3 is 14.8 Å². The minimum absolute atomic E-state index is 0.239. The van der Waals surface area contributed by atoms with Crippen molar-refractivity contribution in [3.05, 3.63) is 74.5 Å². The molecule has 10 heteroatoms. The molecule has 0 radical (unpaired) electrons. The van der Waals surface area contributed by atoms with E-state index < -0.39 is 0 Å². The molecule has 0 aliphatic carbocycles. The summed E-state index contributed by atoms with van der Waals surface area (Å²) in [4.78, 5) is 33.4. The van der Waals surface area contributed by atoms with Gasteiger partial charge in [-0.3, -0.25) is 18.9 Å². The Morgan fingerprint density at radius 3 is 2.69 bits per heavy atom. The predicted octanol–water partition coefficient (Wildman–Crippen LogP) is 4.25. The van der Waals surface area contributed by atoms with Crippen LogP contribution >= 0.6 is 24.0 Å². The standard InChI is InChI=1S/C26H28N4O4S2/c1-4-34-14-6-12-27-22-20(24(31)29-13-5-7-17(2)23(29)28-22)15-21-25(32)30(26(35)36-21)16-18-8-10-19(33-3)11-9-18/h5,7-11,13,15,27H,4,6,12,14,16H2,1-3H3. The number of carbonyl (C=O) groups is 1. The third-order valence-corrected chi connectivity index (χ3v) is 7.07. The van der Waals surface area contributed by atoms with E-state index in [1.807, 2.05) is 44.2 Å². The number of pyridine rings is 1. The first-order chi connectivity index (χ1) is 17.4. The van der Waals surface area contributed by atoms with E-state index in [-0.39, 0.29) is 11.5 Å². The molecule has 0 unspecified atom stereocenters. The van der Waals surface area contributed by atoms with Crippen LogP contribution in [0.2, 0.25) is 0 Å². The minimum Gasteiger partial charge on any atom is -0.497 e. The summed E-state index contributed by atoms with van der Waals surface area (Å²) in [5, 5.41) is 3.27. The lowest BCUT2D eigenvalue weighted by Gasteiger charge is -2.15. The quantitative estimate of drug-likeness (QED) is 0.239. The Labute approximate surface area is 219 Å². The van der Waals surface area contributed by atoms with Gasteiger partial charge in [0.15, 0.2) is 0 Å². The Morgan fingerprint density at radius 2 is 1.97 bits per heavy atom. The highest BCUT2D eigenvalue weighted by Crippen LogP contribution is 2.34. The smallest absolute Gasteiger partial charge is 0.267 e. The molecule has 1 N–H and O–H groups in total. The topological polar surface area (TPSA) is 85.2 Å². The number of rotatable bonds is 10. The number of nitrogens with zero attached hydrogens (tertiary/aromatic N) is 3. The normalized spacial score (nSPS) is 14.8. The molecule has 1 aliphatic rings. The van der Waals surface area contributed by atoms with Crippen molar-refractivity contribution in [2.75, 3.05) is 32.2 Å². The van der Waals surface area contributed by atoms with Crippen molar-refractivity contribution in [2.45, 2.75) is 26.8 Å². The molecular formula is C26H28N4O4S2. The summed E-state index contributed by atoms with van der Waals surface area (Å²) in [6, 6.07) is 11.2. The third-order valence-electron chi connectivity index (χ3n) is 5.70. The number of carbonyl (C=O) groups excluding carboxylic acids is 1. The van der Waals surface area contributed by atoms with Crippen molar-refractivity contribution in [1.29, 1.82) is 0 Å². The zero-order valence-corrected chi connectivity index (χ0v) is 22.1. The van der Waals surface area contributed by atoms with Crippen LogP contribution in [0.5, 0.6) is 5.75 Å². The molecule has 8 nitrogen and oxygen atoms in total. The van der Waals surface area contributed by atoms with Crippen LogP contribution in [0, 0.1) is 6.92 Å². The Kier molecular flexibility index (Phi) is 8.40. The number of thiocarbonyl (C=S) groups is 1. The fourth-order valence-corrected chi connectivity index (χ4v) is 5.02. The first-order valence-electron chi connectivity index (χ1n) is 11.6. The molecule has 3 heterocycles. The van der Waals surface area contributed by atoms with Crippen LogP contribution in [0.25, 0.3) is 11.7 Å². The SMILES string of the molecule is CCOCCCNc1nc2c(C)cccn2c(=O)c1C=C1SC(=S)N(Cc2ccc(OC)cc2)C1=O. The maximum absolute atomic E-state index is 13.5. The summed E-state index contributed by atoms with van der Waals surface area (Å²) in [5.74, 6) is 0.938. The molecule has 1 aromatic carbocycles. The van der Waals surface area contributed by atoms with E-state index in [0.29, 0.717) is 52.6 Å². The molecule has 0 bridgehead atoms. The van der Waals surface area contributed by atoms with Gasteiger partial charge >= 0.3 is 0 Å². The van der Waals surface area contributed by atoms with Crippen molar-refractivity contribution >= 4 is 51.7 Å². The summed E-state index contributed by atoms with van der Waals surface area (Å²) in [6.07, 6.45) is 4.04. The molecule has 2 aromatic heterocycles. The second-order valence-electron chi connectivity index (χ2n) is 8.16. The van der Waals surface area contributed by atoms with Crippen molar-refractivity contribution in [3.63, 3.8) is 0 Å². The van der Waals surface area contributed by atoms with Crippen LogP contribution in [0.15, 0.2) is 52.3 Å². The zero-order valence-electron chi connectivity index (χ0n) is 20.4. The van der Waals surface area contributed by atoms with Gasteiger partial charge in [0.1, 0.15) is 21.5 Å². The number of ether oxygens (including phenoxy) is 2. The molecule has 1 fully saturated rings. The molecule has 1 aliphatic heterocycles. The lowest BCUT2D eigenvalue weighted by atomic mass is 10.2. The fourth-order valence-electron chi connectivity index (χ4n) is 3.78. The third kappa shape index (κ3) is 5.61. The van der Waals surface area contributed by atoms with Gasteiger partial charge in [-0.1, -0.05) is 42.2 Å². The van der Waals surface area contributed by atoms with E-state index in [4.69, 9.17) is 26.7 Å². The molecule has 188 valence electrons. The lowest BCUT2D eigenvalue weighted by molar-refractivity contribution is -0.122. The van der Waals surface area contributed by atoms with Crippen molar-refractivity contribution in [3.8, 4) is 5.75 Å². The molecular weight excluding hydrogens is 496 g/mol. The zero-order chi connectivity index (χ0) is 25.7. The van der Waals surface area contributed by atoms with Crippen LogP contribution in [-0.4, -0.2) is 51.4 Å². The highest BCUT2D eigenvalue weighted by molar-refractivity contribution is 8.26. The lowest BCUT2D eigenvalue weighted by Crippen LogP contribution is -2.27. The van der Waals surface area contributed by atoms with Gasteiger partial charge in [-0.15, -0.1) is 0 Å². The number of aryl methyl sites for hydroxylation is 1. The van der Waals surface area contributed by atoms with E-state index >= 15 is 0 Å². The minimum atomic E-state index is -0.253. The molecule has 1 amide bonds. The van der Waals surface area contributed by atoms with Crippen LogP contribution < -0.4 is 15.6 Å². The van der Waals surface area contributed by atoms with E-state index in [1.165, 1.54) is 16.2 Å². The van der Waals surface area contributed by atoms with E-state index in [0.717, 1.165) is 23.3 Å². The summed E-state index contributed by atoms with van der Waals surface area (Å²) < 4.78 is 12.6. The Morgan fingerprint density at radius 1 is 1.19 bits per heavy atom. The molecule has 36 heavy (non-hydrogen) atoms. The number of benzene rings is 1. The number of hydrogen-bond donors (Lipinski definition) is 1. The van der Waals surface area contributed by atoms with Gasteiger partial charge in [0.05, 0.1) is 24.1 Å². The van der Waals surface area contributed by atoms with Gasteiger partial charge in [0.2, 0.25) is 0 Å². The first kappa shape index (κ1) is 25.9. The van der Waals surface area contributed by atoms with Crippen molar-refractivity contribution in [2.24, 2.45) is 0 Å². The Balaban J connectivity index is 1.65. The highest BCUT2D eigenvalue weighted by atomic mass is 32.2. The monoisotopic (exact) mass is 524 g/mol. The summed E-state index contributed by atoms with van der Waals surface area (Å²) >= 11 is 6.69. The van der Waals surface area contributed by atoms with Crippen LogP contribution in [0.1, 0.15) is 30.0 Å². The summed E-state index contributed by atoms with van der Waals surface area (Å²) in [7, 11) is 1.61. The summed E-state index contributed by atoms with van der Waals surface area (Å²) in [5.41, 5.74) is 2.44. The summed E-state index contributed by atoms with van der Waals surface area (Å²) in [6.45, 7) is 6.03. The van der Waals surface area contributed by atoms with Gasteiger partial charge in [-0.2, -0.15) is 0 Å². The maximum Gasteiger partial charge on any atom is 0.267 e. The van der Waals surface area contributed by atoms with Gasteiger partial charge in [0, 0.05) is 26.0 Å². The number of amides is 1. The van der Waals surface area contributed by atoms with Crippen molar-refractivity contribution < 1.29 is 14.3 Å². The number of thioether (sulfide) groups is 1. The molecule has 3 aromatic rings. The van der Waals surface area contributed by atoms with E-state index in [2.05, 4.69) is 5.32 Å². The van der Waals surface area contributed by atoms with Crippen molar-refractivity contribution in [1.82, 2.24) is 14.3 Å². The number of hydrogen-bond acceptors (Lipinski definition) is 8. The van der Waals surface area contributed by atoms with Gasteiger partial charge in [-0.05, 0) is 55.7 Å². The average molecular weight is 525 g/mol. The molecule has 1 saturated heterocycles. The second-order valence-corrected chi connectivity index (χ2v) is 9.83. The average Bonchev–Trinajstić information content (AvgIpc) is 3.14. The van der Waals surface area contributed by atoms with Gasteiger partial charge in [-0.25, -0.2) is 4.98 Å². The molecule has 0 saturated carbocycles. The van der Waals surface area contributed by atoms with E-state index in [1.54, 1.807) is 30.3 Å². The number of fused-ring (bicyclic) bond motifs is 1. The highest BCUT2D eigenvalue weighted by Gasteiger charge is 2.32. The van der Waals surface area contributed by atoms with Crippen LogP contribution in [-0.2, 0) is 16.1 Å². The first-order valence-corrected chi connectivity index (χ1v) is 12.9. The number of methoxy groups -OCH3 is 1. The van der Waals surface area contributed by atoms with Gasteiger partial charge in [0.25, 0.3) is 11.5 Å². The number of aromatic nitrogens is 2.